The van der Waals surface area contributed by atoms with E-state index in [9.17, 15) is 0 Å². The van der Waals surface area contributed by atoms with Crippen molar-refractivity contribution in [3.05, 3.63) is 33.4 Å². The second-order valence-corrected chi connectivity index (χ2v) is 3.31. The summed E-state index contributed by atoms with van der Waals surface area (Å²) < 4.78 is 6.24. The molecule has 1 nitrogen and oxygen atoms in total. The van der Waals surface area contributed by atoms with Gasteiger partial charge in [0.15, 0.2) is 0 Å². The smallest absolute Gasteiger partial charge is 0.0713 e. The molecular weight excluding hydrogens is 239 g/mol. The Morgan fingerprint density at radius 2 is 2.30 bits per heavy atom. The van der Waals surface area contributed by atoms with Crippen LogP contribution in [-0.2, 0) is 11.3 Å². The highest BCUT2D eigenvalue weighted by Crippen LogP contribution is 2.07. The number of rotatable bonds is 2. The maximum Gasteiger partial charge on any atom is 0.0713 e. The van der Waals surface area contributed by atoms with E-state index in [2.05, 4.69) is 40.8 Å². The third kappa shape index (κ3) is 2.27. The molecule has 0 saturated carbocycles. The van der Waals surface area contributed by atoms with E-state index >= 15 is 0 Å². The van der Waals surface area contributed by atoms with Crippen LogP contribution >= 0.6 is 22.6 Å². The van der Waals surface area contributed by atoms with Crippen molar-refractivity contribution < 1.29 is 4.74 Å². The van der Waals surface area contributed by atoms with Crippen LogP contribution in [0.3, 0.4) is 0 Å². The Kier molecular flexibility index (Phi) is 3.15. The quantitative estimate of drug-likeness (QED) is 0.730. The lowest BCUT2D eigenvalue weighted by Gasteiger charge is -1.98. The van der Waals surface area contributed by atoms with Gasteiger partial charge >= 0.3 is 0 Å². The molecule has 0 bridgehead atoms. The van der Waals surface area contributed by atoms with Gasteiger partial charge in [0.1, 0.15) is 0 Å². The van der Waals surface area contributed by atoms with Crippen molar-refractivity contribution in [1.82, 2.24) is 0 Å². The predicted octanol–water partition coefficient (Wildman–Crippen LogP) is 2.44. The zero-order valence-corrected chi connectivity index (χ0v) is 7.96. The van der Waals surface area contributed by atoms with Crippen molar-refractivity contribution >= 4 is 22.6 Å². The minimum atomic E-state index is 0.705. The summed E-state index contributed by atoms with van der Waals surface area (Å²) in [7, 11) is 1.71. The maximum atomic E-state index is 4.98. The van der Waals surface area contributed by atoms with Gasteiger partial charge in [-0.25, -0.2) is 0 Å². The van der Waals surface area contributed by atoms with Gasteiger partial charge in [-0.3, -0.25) is 0 Å². The molecule has 0 heterocycles. The molecule has 10 heavy (non-hydrogen) atoms. The van der Waals surface area contributed by atoms with Gasteiger partial charge < -0.3 is 4.74 Å². The van der Waals surface area contributed by atoms with E-state index in [0.29, 0.717) is 6.61 Å². The fraction of sp³-hybridized carbons (Fsp3) is 0.250. The average molecular weight is 248 g/mol. The summed E-state index contributed by atoms with van der Waals surface area (Å²) in [5.74, 6) is 0. The van der Waals surface area contributed by atoms with Gasteiger partial charge in [0.25, 0.3) is 0 Å². The molecule has 1 rings (SSSR count). The van der Waals surface area contributed by atoms with Crippen molar-refractivity contribution in [1.29, 1.82) is 0 Å². The Labute approximate surface area is 74.5 Å². The molecule has 0 saturated heterocycles. The molecule has 0 amide bonds. The van der Waals surface area contributed by atoms with E-state index in [-0.39, 0.29) is 0 Å². The normalized spacial score (nSPS) is 9.80. The van der Waals surface area contributed by atoms with Crippen molar-refractivity contribution in [2.24, 2.45) is 0 Å². The van der Waals surface area contributed by atoms with Crippen LogP contribution in [0.4, 0.5) is 0 Å². The van der Waals surface area contributed by atoms with Crippen LogP contribution < -0.4 is 0 Å². The Bertz CT molecular complexity index is 210. The fourth-order valence-corrected chi connectivity index (χ4v) is 1.40. The first-order valence-corrected chi connectivity index (χ1v) is 4.14. The first-order chi connectivity index (χ1) is 4.83. The molecule has 0 atom stereocenters. The molecule has 1 aromatic rings. The number of methoxy groups -OCH3 is 1. The van der Waals surface area contributed by atoms with Crippen LogP contribution in [0, 0.1) is 3.57 Å². The van der Waals surface area contributed by atoms with Crippen LogP contribution in [0.15, 0.2) is 24.3 Å². The van der Waals surface area contributed by atoms with Crippen molar-refractivity contribution in [2.45, 2.75) is 6.61 Å². The standard InChI is InChI=1S/C8H9IO/c1-10-6-7-3-2-4-8(9)5-7/h2-5H,6H2,1H3. The largest absolute Gasteiger partial charge is 0.380 e. The van der Waals surface area contributed by atoms with Crippen LogP contribution in [-0.4, -0.2) is 7.11 Å². The summed E-state index contributed by atoms with van der Waals surface area (Å²) in [6.45, 7) is 0.705. The Hall–Kier alpha value is -0.0900. The maximum absolute atomic E-state index is 4.98. The minimum Gasteiger partial charge on any atom is -0.380 e. The second kappa shape index (κ2) is 3.93. The topological polar surface area (TPSA) is 9.23 Å². The molecule has 0 aliphatic carbocycles. The summed E-state index contributed by atoms with van der Waals surface area (Å²) in [5, 5.41) is 0. The van der Waals surface area contributed by atoms with Crippen LogP contribution in [0.25, 0.3) is 0 Å². The van der Waals surface area contributed by atoms with Crippen LogP contribution in [0.5, 0.6) is 0 Å². The van der Waals surface area contributed by atoms with Crippen molar-refractivity contribution in [3.63, 3.8) is 0 Å². The molecule has 0 fully saturated rings. The zero-order valence-electron chi connectivity index (χ0n) is 5.80. The Morgan fingerprint density at radius 3 is 2.90 bits per heavy atom. The van der Waals surface area contributed by atoms with E-state index in [0.717, 1.165) is 0 Å². The van der Waals surface area contributed by atoms with E-state index < -0.39 is 0 Å². The van der Waals surface area contributed by atoms with Crippen molar-refractivity contribution in [2.75, 3.05) is 7.11 Å². The SMILES string of the molecule is COCc1cccc(I)c1. The molecule has 0 N–H and O–H groups in total. The van der Waals surface area contributed by atoms with E-state index in [1.165, 1.54) is 9.13 Å². The zero-order chi connectivity index (χ0) is 7.40. The average Bonchev–Trinajstić information content (AvgIpc) is 1.88. The summed E-state index contributed by atoms with van der Waals surface area (Å²) >= 11 is 2.29. The molecule has 0 aliphatic heterocycles. The van der Waals surface area contributed by atoms with E-state index in [1.807, 2.05) is 6.07 Å². The molecular formula is C8H9IO. The highest BCUT2D eigenvalue weighted by molar-refractivity contribution is 14.1. The second-order valence-electron chi connectivity index (χ2n) is 2.06. The van der Waals surface area contributed by atoms with Gasteiger partial charge in [-0.15, -0.1) is 0 Å². The first-order valence-electron chi connectivity index (χ1n) is 3.06. The van der Waals surface area contributed by atoms with Gasteiger partial charge in [-0.2, -0.15) is 0 Å². The van der Waals surface area contributed by atoms with Crippen LogP contribution in [0.1, 0.15) is 5.56 Å². The summed E-state index contributed by atoms with van der Waals surface area (Å²) in [4.78, 5) is 0. The van der Waals surface area contributed by atoms with Crippen molar-refractivity contribution in [3.8, 4) is 0 Å². The molecule has 0 spiro atoms. The van der Waals surface area contributed by atoms with Gasteiger partial charge in [-0.05, 0) is 40.3 Å². The molecule has 0 aromatic heterocycles. The molecule has 54 valence electrons. The number of halogens is 1. The Balaban J connectivity index is 2.75. The Morgan fingerprint density at radius 1 is 1.50 bits per heavy atom. The number of hydrogen-bond donors (Lipinski definition) is 0. The van der Waals surface area contributed by atoms with Crippen LogP contribution in [0.2, 0.25) is 0 Å². The minimum absolute atomic E-state index is 0.705. The summed E-state index contributed by atoms with van der Waals surface area (Å²) in [6.07, 6.45) is 0. The molecule has 1 aromatic carbocycles. The van der Waals surface area contributed by atoms with Gasteiger partial charge in [0.05, 0.1) is 6.61 Å². The fourth-order valence-electron chi connectivity index (χ4n) is 0.793. The lowest BCUT2D eigenvalue weighted by atomic mass is 10.2. The van der Waals surface area contributed by atoms with E-state index in [1.54, 1.807) is 7.11 Å². The predicted molar refractivity (Wildman–Crippen MR) is 49.9 cm³/mol. The summed E-state index contributed by atoms with van der Waals surface area (Å²) in [6, 6.07) is 8.28. The molecule has 0 unspecified atom stereocenters. The number of benzene rings is 1. The third-order valence-corrected chi connectivity index (χ3v) is 1.87. The third-order valence-electron chi connectivity index (χ3n) is 1.20. The van der Waals surface area contributed by atoms with Gasteiger partial charge in [0, 0.05) is 10.7 Å². The lowest BCUT2D eigenvalue weighted by Crippen LogP contribution is -1.86. The van der Waals surface area contributed by atoms with Gasteiger partial charge in [0.2, 0.25) is 0 Å². The molecule has 0 aliphatic rings. The number of hydrogen-bond acceptors (Lipinski definition) is 1. The molecule has 0 radical (unpaired) electrons. The lowest BCUT2D eigenvalue weighted by molar-refractivity contribution is 0.185. The number of ether oxygens (including phenoxy) is 1. The first kappa shape index (κ1) is 8.01. The highest BCUT2D eigenvalue weighted by atomic mass is 127. The highest BCUT2D eigenvalue weighted by Gasteiger charge is 1.90. The molecule has 2 heteroatoms. The van der Waals surface area contributed by atoms with Gasteiger partial charge in [-0.1, -0.05) is 12.1 Å². The monoisotopic (exact) mass is 248 g/mol. The van der Waals surface area contributed by atoms with E-state index in [4.69, 9.17) is 4.74 Å². The summed E-state index contributed by atoms with van der Waals surface area (Å²) in [5.41, 5.74) is 1.23.